The number of rotatable bonds is 26. The number of nitrogens with zero attached hydrogens (tertiary/aromatic N) is 1. The molecule has 1 aliphatic heterocycles. The zero-order chi connectivity index (χ0) is 43.6. The maximum atomic E-state index is 14.0. The van der Waals surface area contributed by atoms with Crippen LogP contribution in [0.25, 0.3) is 0 Å². The molecular weight excluding hydrogens is 744 g/mol. The number of aliphatic carboxylic acids is 2. The highest BCUT2D eigenvalue weighted by Gasteiger charge is 2.41. The molecule has 1 aliphatic rings. The lowest BCUT2D eigenvalue weighted by Crippen LogP contribution is -2.61. The van der Waals surface area contributed by atoms with Gasteiger partial charge in [-0.1, -0.05) is 41.5 Å². The first-order chi connectivity index (χ1) is 26.6. The van der Waals surface area contributed by atoms with Crippen molar-refractivity contribution in [3.63, 3.8) is 0 Å². The van der Waals surface area contributed by atoms with E-state index in [1.165, 1.54) is 11.8 Å². The van der Waals surface area contributed by atoms with E-state index in [9.17, 15) is 53.7 Å². The number of hydrogen-bond donors (Lipinski definition) is 10. The number of carboxylic acid groups (broad SMARTS) is 2. The third kappa shape index (κ3) is 18.2. The molecule has 0 aromatic carbocycles. The van der Waals surface area contributed by atoms with E-state index in [1.807, 2.05) is 27.7 Å². The van der Waals surface area contributed by atoms with Gasteiger partial charge < -0.3 is 58.3 Å². The average Bonchev–Trinajstić information content (AvgIpc) is 3.60. The van der Waals surface area contributed by atoms with Gasteiger partial charge in [0.1, 0.15) is 36.3 Å². The van der Waals surface area contributed by atoms with E-state index in [4.69, 9.17) is 11.5 Å². The number of carboxylic acids is 2. The molecule has 1 fully saturated rings. The molecule has 1 saturated heterocycles. The van der Waals surface area contributed by atoms with Crippen LogP contribution >= 0.6 is 0 Å². The molecule has 0 radical (unpaired) electrons. The lowest BCUT2D eigenvalue weighted by Gasteiger charge is -2.31. The van der Waals surface area contributed by atoms with Crippen molar-refractivity contribution in [3.8, 4) is 0 Å². The van der Waals surface area contributed by atoms with Gasteiger partial charge in [0.2, 0.25) is 35.4 Å². The van der Waals surface area contributed by atoms with Crippen LogP contribution in [0.2, 0.25) is 0 Å². The highest BCUT2D eigenvalue weighted by Crippen LogP contribution is 2.21. The molecule has 1 heterocycles. The van der Waals surface area contributed by atoms with Crippen molar-refractivity contribution >= 4 is 47.4 Å². The Labute approximate surface area is 335 Å². The predicted octanol–water partition coefficient (Wildman–Crippen LogP) is -0.674. The number of carbonyl (C=O) groups is 8. The van der Waals surface area contributed by atoms with Crippen molar-refractivity contribution in [2.75, 3.05) is 13.1 Å². The van der Waals surface area contributed by atoms with E-state index < -0.39 is 102 Å². The van der Waals surface area contributed by atoms with Gasteiger partial charge in [-0.05, 0) is 89.0 Å². The number of carbonyl (C=O) groups excluding carboxylic acids is 6. The molecule has 0 bridgehead atoms. The van der Waals surface area contributed by atoms with Crippen LogP contribution in [0.3, 0.4) is 0 Å². The number of aliphatic hydroxyl groups excluding tert-OH is 1. The third-order valence-corrected chi connectivity index (χ3v) is 9.47. The summed E-state index contributed by atoms with van der Waals surface area (Å²) in [6.45, 7) is 12.7. The van der Waals surface area contributed by atoms with Crippen LogP contribution in [-0.2, 0) is 38.4 Å². The smallest absolute Gasteiger partial charge is 0.326 e. The standard InChI is InChI=1S/C38H68N8O11/c1-20(2)17-24(40)32(50)43-27(18-21(3)4)33(51)41-25(13-14-30(48)49)37(55)46-16-10-12-29(46)35(53)45-31(23(7)47)36(54)44-28(19-22(5)6)34(52)42-26(38(56)57)11-8-9-15-39/h20-29,31,47H,8-19,39-40H2,1-7H3,(H,41,51)(H,42,52)(H,43,50)(H,44,54)(H,45,53)(H,48,49)(H,56,57)/t23-,24+,25+,26+,27+,28+,29+,31+/m1/s1. The van der Waals surface area contributed by atoms with E-state index in [2.05, 4.69) is 26.6 Å². The van der Waals surface area contributed by atoms with Crippen molar-refractivity contribution in [2.24, 2.45) is 29.2 Å². The molecule has 0 unspecified atom stereocenters. The summed E-state index contributed by atoms with van der Waals surface area (Å²) < 4.78 is 0. The number of aliphatic hydroxyl groups is 1. The molecule has 0 aromatic heterocycles. The zero-order valence-electron chi connectivity index (χ0n) is 34.5. The topological polar surface area (TPSA) is 313 Å². The number of nitrogens with two attached hydrogens (primary N) is 2. The average molecular weight is 813 g/mol. The van der Waals surface area contributed by atoms with Crippen LogP contribution in [0.4, 0.5) is 0 Å². The van der Waals surface area contributed by atoms with Crippen LogP contribution in [0.5, 0.6) is 0 Å². The van der Waals surface area contributed by atoms with Gasteiger partial charge in [-0.15, -0.1) is 0 Å². The van der Waals surface area contributed by atoms with Gasteiger partial charge in [0.05, 0.1) is 12.1 Å². The lowest BCUT2D eigenvalue weighted by atomic mass is 10.00. The maximum absolute atomic E-state index is 14.0. The minimum atomic E-state index is -1.60. The van der Waals surface area contributed by atoms with E-state index in [0.717, 1.165) is 0 Å². The second kappa shape index (κ2) is 25.1. The lowest BCUT2D eigenvalue weighted by molar-refractivity contribution is -0.144. The quantitative estimate of drug-likeness (QED) is 0.0485. The van der Waals surface area contributed by atoms with Gasteiger partial charge in [0.15, 0.2) is 0 Å². The minimum absolute atomic E-state index is 0.0603. The van der Waals surface area contributed by atoms with Gasteiger partial charge in [-0.2, -0.15) is 0 Å². The van der Waals surface area contributed by atoms with Gasteiger partial charge >= 0.3 is 11.9 Å². The van der Waals surface area contributed by atoms with Crippen LogP contribution in [-0.4, -0.2) is 129 Å². The summed E-state index contributed by atoms with van der Waals surface area (Å²) in [5.74, 6) is -7.11. The van der Waals surface area contributed by atoms with E-state index in [0.29, 0.717) is 32.2 Å². The summed E-state index contributed by atoms with van der Waals surface area (Å²) in [4.78, 5) is 106. The van der Waals surface area contributed by atoms with Gasteiger partial charge in [0, 0.05) is 13.0 Å². The van der Waals surface area contributed by atoms with E-state index >= 15 is 0 Å². The molecule has 0 spiro atoms. The van der Waals surface area contributed by atoms with Crippen molar-refractivity contribution in [3.05, 3.63) is 0 Å². The summed E-state index contributed by atoms with van der Waals surface area (Å²) in [6, 6.07) is -8.58. The fourth-order valence-electron chi connectivity index (χ4n) is 6.54. The molecular formula is C38H68N8O11. The van der Waals surface area contributed by atoms with E-state index in [-0.39, 0.29) is 56.4 Å². The van der Waals surface area contributed by atoms with Crippen LogP contribution < -0.4 is 38.1 Å². The monoisotopic (exact) mass is 813 g/mol. The molecule has 19 heteroatoms. The summed E-state index contributed by atoms with van der Waals surface area (Å²) in [5, 5.41) is 42.4. The second-order valence-electron chi connectivity index (χ2n) is 16.2. The fourth-order valence-corrected chi connectivity index (χ4v) is 6.54. The van der Waals surface area contributed by atoms with Gasteiger partial charge in [-0.25, -0.2) is 4.79 Å². The number of amides is 6. The predicted molar refractivity (Wildman–Crippen MR) is 210 cm³/mol. The first-order valence-corrected chi connectivity index (χ1v) is 20.0. The van der Waals surface area contributed by atoms with Crippen molar-refractivity contribution in [2.45, 2.75) is 161 Å². The highest BCUT2D eigenvalue weighted by molar-refractivity contribution is 5.97. The summed E-state index contributed by atoms with van der Waals surface area (Å²) >= 11 is 0. The Balaban J connectivity index is 3.25. The Bertz CT molecular complexity index is 1380. The number of hydrogen-bond acceptors (Lipinski definition) is 11. The Morgan fingerprint density at radius 2 is 1.18 bits per heavy atom. The molecule has 12 N–H and O–H groups in total. The SMILES string of the molecule is CC(C)C[C@H](NC(=O)[C@@H](NC(=O)[C@@H]1CCCN1C(=O)[C@H](CCC(=O)O)NC(=O)[C@H](CC(C)C)NC(=O)[C@@H](N)CC(C)C)[C@@H](C)O)C(=O)N[C@@H](CCCCN)C(=O)O. The molecule has 19 nitrogen and oxygen atoms in total. The number of nitrogens with one attached hydrogen (secondary N) is 5. The maximum Gasteiger partial charge on any atom is 0.326 e. The summed E-state index contributed by atoms with van der Waals surface area (Å²) in [7, 11) is 0. The summed E-state index contributed by atoms with van der Waals surface area (Å²) in [6.07, 6.45) is -0.0291. The van der Waals surface area contributed by atoms with Crippen molar-refractivity contribution in [1.82, 2.24) is 31.5 Å². The van der Waals surface area contributed by atoms with Gasteiger partial charge in [-0.3, -0.25) is 33.6 Å². The fraction of sp³-hybridized carbons (Fsp3) is 0.789. The molecule has 8 atom stereocenters. The summed E-state index contributed by atoms with van der Waals surface area (Å²) in [5.41, 5.74) is 11.5. The molecule has 326 valence electrons. The van der Waals surface area contributed by atoms with Crippen LogP contribution in [0.1, 0.15) is 113 Å². The molecule has 57 heavy (non-hydrogen) atoms. The molecule has 6 amide bonds. The highest BCUT2D eigenvalue weighted by atomic mass is 16.4. The number of likely N-dealkylation sites (tertiary alicyclic amines) is 1. The van der Waals surface area contributed by atoms with Crippen molar-refractivity contribution in [1.29, 1.82) is 0 Å². The number of unbranched alkanes of at least 4 members (excludes halogenated alkanes) is 1. The van der Waals surface area contributed by atoms with Gasteiger partial charge in [0.25, 0.3) is 0 Å². The molecule has 1 rings (SSSR count). The molecule has 0 saturated carbocycles. The minimum Gasteiger partial charge on any atom is -0.481 e. The molecule has 0 aromatic rings. The Morgan fingerprint density at radius 1 is 0.667 bits per heavy atom. The van der Waals surface area contributed by atoms with Crippen LogP contribution in [0, 0.1) is 17.8 Å². The first-order valence-electron chi connectivity index (χ1n) is 20.0. The third-order valence-electron chi connectivity index (χ3n) is 9.47. The van der Waals surface area contributed by atoms with E-state index in [1.54, 1.807) is 13.8 Å². The Hall–Kier alpha value is -4.36. The molecule has 0 aliphatic carbocycles. The van der Waals surface area contributed by atoms with Crippen LogP contribution in [0.15, 0.2) is 0 Å². The Kier molecular flexibility index (Phi) is 22.3. The first kappa shape index (κ1) is 50.7. The zero-order valence-corrected chi connectivity index (χ0v) is 34.5. The normalized spacial score (nSPS) is 17.8. The Morgan fingerprint density at radius 3 is 1.65 bits per heavy atom. The second-order valence-corrected chi connectivity index (χ2v) is 16.2. The largest absolute Gasteiger partial charge is 0.481 e. The van der Waals surface area contributed by atoms with Crippen molar-refractivity contribution < 1.29 is 53.7 Å².